The molecule has 1 heterocycles. The van der Waals surface area contributed by atoms with E-state index in [2.05, 4.69) is 10.3 Å². The molecule has 30 heavy (non-hydrogen) atoms. The molecule has 0 aliphatic rings. The lowest BCUT2D eigenvalue weighted by Gasteiger charge is -2.10. The van der Waals surface area contributed by atoms with Gasteiger partial charge in [-0.15, -0.1) is 11.3 Å². The van der Waals surface area contributed by atoms with Gasteiger partial charge in [-0.05, 0) is 31.2 Å². The van der Waals surface area contributed by atoms with Crippen LogP contribution < -0.4 is 19.5 Å². The lowest BCUT2D eigenvalue weighted by molar-refractivity contribution is -0.116. The van der Waals surface area contributed by atoms with E-state index in [1.54, 1.807) is 37.7 Å². The van der Waals surface area contributed by atoms with Crippen LogP contribution in [0.1, 0.15) is 21.8 Å². The van der Waals surface area contributed by atoms with Crippen molar-refractivity contribution >= 4 is 23.3 Å². The maximum absolute atomic E-state index is 12.3. The van der Waals surface area contributed by atoms with Crippen molar-refractivity contribution < 1.29 is 19.0 Å². The zero-order chi connectivity index (χ0) is 21.3. The molecule has 156 valence electrons. The van der Waals surface area contributed by atoms with Crippen molar-refractivity contribution in [2.24, 2.45) is 0 Å². The quantitative estimate of drug-likeness (QED) is 0.517. The molecule has 2 aromatic carbocycles. The van der Waals surface area contributed by atoms with E-state index in [1.807, 2.05) is 48.7 Å². The highest BCUT2D eigenvalue weighted by Gasteiger charge is 2.07. The predicted molar refractivity (Wildman–Crippen MR) is 118 cm³/mol. The molecule has 0 aliphatic heterocycles. The van der Waals surface area contributed by atoms with E-state index in [0.717, 1.165) is 21.8 Å². The number of hydrogen-bond donors (Lipinski definition) is 1. The Morgan fingerprint density at radius 2 is 1.97 bits per heavy atom. The van der Waals surface area contributed by atoms with Gasteiger partial charge in [0, 0.05) is 35.2 Å². The first-order chi connectivity index (χ1) is 14.6. The van der Waals surface area contributed by atoms with Crippen molar-refractivity contribution in [3.63, 3.8) is 0 Å². The Morgan fingerprint density at radius 1 is 1.13 bits per heavy atom. The number of hydrogen-bond acceptors (Lipinski definition) is 6. The van der Waals surface area contributed by atoms with Gasteiger partial charge in [0.25, 0.3) is 0 Å². The molecule has 0 radical (unpaired) electrons. The molecular formula is C23H24N2O4S. The number of nitrogens with zero attached hydrogens (tertiary/aromatic N) is 1. The smallest absolute Gasteiger partial charge is 0.244 e. The van der Waals surface area contributed by atoms with Gasteiger partial charge in [-0.25, -0.2) is 4.98 Å². The molecule has 0 saturated carbocycles. The van der Waals surface area contributed by atoms with E-state index in [0.29, 0.717) is 30.4 Å². The van der Waals surface area contributed by atoms with Crippen LogP contribution in [0, 0.1) is 6.92 Å². The Balaban J connectivity index is 1.60. The molecule has 3 rings (SSSR count). The van der Waals surface area contributed by atoms with E-state index in [4.69, 9.17) is 14.2 Å². The molecule has 0 atom stereocenters. The van der Waals surface area contributed by atoms with Gasteiger partial charge in [-0.1, -0.05) is 18.2 Å². The van der Waals surface area contributed by atoms with Crippen LogP contribution in [0.3, 0.4) is 0 Å². The van der Waals surface area contributed by atoms with Crippen LogP contribution in [0.2, 0.25) is 0 Å². The summed E-state index contributed by atoms with van der Waals surface area (Å²) in [5.41, 5.74) is 2.58. The number of amides is 1. The standard InChI is InChI=1S/C23H24N2O4S/c1-16-25-19(15-30-16)14-29-21-7-5-4-6-17(21)9-11-23(26)24-13-18-8-10-20(27-2)12-22(18)28-3/h4-12,15H,13-14H2,1-3H3,(H,24,26)/b11-9+. The summed E-state index contributed by atoms with van der Waals surface area (Å²) >= 11 is 1.59. The summed E-state index contributed by atoms with van der Waals surface area (Å²) in [7, 11) is 3.18. The van der Waals surface area contributed by atoms with E-state index >= 15 is 0 Å². The Hall–Kier alpha value is -3.32. The molecule has 1 aromatic heterocycles. The normalized spacial score (nSPS) is 10.8. The van der Waals surface area contributed by atoms with Gasteiger partial charge in [-0.2, -0.15) is 0 Å². The van der Waals surface area contributed by atoms with E-state index in [1.165, 1.54) is 6.08 Å². The van der Waals surface area contributed by atoms with Gasteiger partial charge >= 0.3 is 0 Å². The Labute approximate surface area is 180 Å². The second kappa shape index (κ2) is 10.5. The third kappa shape index (κ3) is 5.84. The van der Waals surface area contributed by atoms with Crippen molar-refractivity contribution in [1.82, 2.24) is 10.3 Å². The maximum atomic E-state index is 12.3. The first-order valence-electron chi connectivity index (χ1n) is 9.38. The van der Waals surface area contributed by atoms with Crippen molar-refractivity contribution in [2.75, 3.05) is 14.2 Å². The number of thiazole rings is 1. The average molecular weight is 425 g/mol. The minimum atomic E-state index is -0.210. The molecule has 0 fully saturated rings. The van der Waals surface area contributed by atoms with Crippen LogP contribution in [-0.4, -0.2) is 25.1 Å². The van der Waals surface area contributed by atoms with Crippen LogP contribution >= 0.6 is 11.3 Å². The van der Waals surface area contributed by atoms with Crippen molar-refractivity contribution in [1.29, 1.82) is 0 Å². The third-order valence-electron chi connectivity index (χ3n) is 4.32. The molecule has 3 aromatic rings. The van der Waals surface area contributed by atoms with Crippen molar-refractivity contribution in [3.8, 4) is 17.2 Å². The number of methoxy groups -OCH3 is 2. The summed E-state index contributed by atoms with van der Waals surface area (Å²) < 4.78 is 16.4. The number of nitrogens with one attached hydrogen (secondary N) is 1. The highest BCUT2D eigenvalue weighted by molar-refractivity contribution is 7.09. The number of aromatic nitrogens is 1. The fourth-order valence-electron chi connectivity index (χ4n) is 2.78. The zero-order valence-electron chi connectivity index (χ0n) is 17.2. The molecular weight excluding hydrogens is 400 g/mol. The summed E-state index contributed by atoms with van der Waals surface area (Å²) in [5.74, 6) is 1.85. The van der Waals surface area contributed by atoms with Crippen LogP contribution in [0.25, 0.3) is 6.08 Å². The molecule has 0 spiro atoms. The summed E-state index contributed by atoms with van der Waals surface area (Å²) in [6.45, 7) is 2.70. The Morgan fingerprint density at radius 3 is 2.70 bits per heavy atom. The summed E-state index contributed by atoms with van der Waals surface area (Å²) in [6.07, 6.45) is 3.23. The molecule has 0 saturated heterocycles. The zero-order valence-corrected chi connectivity index (χ0v) is 18.0. The average Bonchev–Trinajstić information content (AvgIpc) is 3.20. The minimum Gasteiger partial charge on any atom is -0.497 e. The Kier molecular flexibility index (Phi) is 7.45. The highest BCUT2D eigenvalue weighted by atomic mass is 32.1. The molecule has 1 amide bonds. The largest absolute Gasteiger partial charge is 0.497 e. The number of rotatable bonds is 9. The minimum absolute atomic E-state index is 0.210. The van der Waals surface area contributed by atoms with Crippen molar-refractivity contribution in [2.45, 2.75) is 20.1 Å². The van der Waals surface area contributed by atoms with E-state index in [9.17, 15) is 4.79 Å². The van der Waals surface area contributed by atoms with Gasteiger partial charge in [0.2, 0.25) is 5.91 Å². The second-order valence-corrected chi connectivity index (χ2v) is 7.48. The first-order valence-corrected chi connectivity index (χ1v) is 10.3. The van der Waals surface area contributed by atoms with Crippen LogP contribution in [0.5, 0.6) is 17.2 Å². The summed E-state index contributed by atoms with van der Waals surface area (Å²) in [6, 6.07) is 13.1. The van der Waals surface area contributed by atoms with Gasteiger partial charge < -0.3 is 19.5 Å². The number of carbonyl (C=O) groups excluding carboxylic acids is 1. The molecule has 0 bridgehead atoms. The van der Waals surface area contributed by atoms with Crippen LogP contribution in [-0.2, 0) is 17.9 Å². The maximum Gasteiger partial charge on any atom is 0.244 e. The van der Waals surface area contributed by atoms with E-state index < -0.39 is 0 Å². The van der Waals surface area contributed by atoms with Gasteiger partial charge in [0.05, 0.1) is 24.9 Å². The summed E-state index contributed by atoms with van der Waals surface area (Å²) in [4.78, 5) is 16.7. The summed E-state index contributed by atoms with van der Waals surface area (Å²) in [5, 5.41) is 5.85. The van der Waals surface area contributed by atoms with Gasteiger partial charge in [0.1, 0.15) is 23.9 Å². The Bertz CT molecular complexity index is 1030. The molecule has 7 heteroatoms. The second-order valence-electron chi connectivity index (χ2n) is 6.41. The number of ether oxygens (including phenoxy) is 3. The lowest BCUT2D eigenvalue weighted by atomic mass is 10.1. The lowest BCUT2D eigenvalue weighted by Crippen LogP contribution is -2.20. The van der Waals surface area contributed by atoms with Gasteiger partial charge in [0.15, 0.2) is 0 Å². The number of para-hydroxylation sites is 1. The van der Waals surface area contributed by atoms with Crippen LogP contribution in [0.4, 0.5) is 0 Å². The van der Waals surface area contributed by atoms with E-state index in [-0.39, 0.29) is 5.91 Å². The van der Waals surface area contributed by atoms with Crippen molar-refractivity contribution in [3.05, 3.63) is 75.7 Å². The monoisotopic (exact) mass is 424 g/mol. The third-order valence-corrected chi connectivity index (χ3v) is 5.15. The fourth-order valence-corrected chi connectivity index (χ4v) is 3.38. The fraction of sp³-hybridized carbons (Fsp3) is 0.217. The number of benzene rings is 2. The van der Waals surface area contributed by atoms with Gasteiger partial charge in [-0.3, -0.25) is 4.79 Å². The topological polar surface area (TPSA) is 69.7 Å². The first kappa shape index (κ1) is 21.4. The number of carbonyl (C=O) groups is 1. The molecule has 0 aliphatic carbocycles. The molecule has 0 unspecified atom stereocenters. The highest BCUT2D eigenvalue weighted by Crippen LogP contribution is 2.24. The molecule has 6 nitrogen and oxygen atoms in total. The SMILES string of the molecule is COc1ccc(CNC(=O)/C=C/c2ccccc2OCc2csc(C)n2)c(OC)c1. The predicted octanol–water partition coefficient (Wildman–Crippen LogP) is 4.38. The molecule has 1 N–H and O–H groups in total. The van der Waals surface area contributed by atoms with Crippen LogP contribution in [0.15, 0.2) is 53.9 Å². The number of aryl methyl sites for hydroxylation is 1.